The van der Waals surface area contributed by atoms with Gasteiger partial charge in [-0.05, 0) is 42.1 Å². The molecule has 0 heterocycles. The second-order valence-electron chi connectivity index (χ2n) is 4.74. The Morgan fingerprint density at radius 2 is 2.18 bits per heavy atom. The van der Waals surface area contributed by atoms with Crippen LogP contribution in [0.25, 0.3) is 0 Å². The molecule has 11 heavy (non-hydrogen) atoms. The molecule has 4 aliphatic carbocycles. The minimum absolute atomic E-state index is 0.862. The molecule has 1 heteroatoms. The van der Waals surface area contributed by atoms with Crippen molar-refractivity contribution in [3.63, 3.8) is 0 Å². The van der Waals surface area contributed by atoms with Gasteiger partial charge in [0.2, 0.25) is 0 Å². The minimum Gasteiger partial charge on any atom is -0.327 e. The predicted octanol–water partition coefficient (Wildman–Crippen LogP) is 1.16. The fraction of sp³-hybridized carbons (Fsp3) is 0.800. The third-order valence-electron chi connectivity index (χ3n) is 4.57. The van der Waals surface area contributed by atoms with Crippen molar-refractivity contribution in [3.05, 3.63) is 11.1 Å². The highest BCUT2D eigenvalue weighted by molar-refractivity contribution is 5.50. The third-order valence-corrected chi connectivity index (χ3v) is 4.57. The zero-order chi connectivity index (χ0) is 7.16. The standard InChI is InChI=1S/C10H13N/c11-3-8-7-2-6-4-1-5(4)9(6)10(7)8/h4-6,9-10H,1-3,11H2. The van der Waals surface area contributed by atoms with E-state index in [1.807, 2.05) is 0 Å². The van der Waals surface area contributed by atoms with Crippen LogP contribution < -0.4 is 5.73 Å². The smallest absolute Gasteiger partial charge is 0.0145 e. The summed E-state index contributed by atoms with van der Waals surface area (Å²) in [6.45, 7) is 0.862. The summed E-state index contributed by atoms with van der Waals surface area (Å²) in [6.07, 6.45) is 3.01. The lowest BCUT2D eigenvalue weighted by atomic mass is 9.72. The molecule has 0 aliphatic heterocycles. The zero-order valence-electron chi connectivity index (χ0n) is 6.59. The van der Waals surface area contributed by atoms with Crippen LogP contribution in [-0.2, 0) is 0 Å². The van der Waals surface area contributed by atoms with Crippen molar-refractivity contribution in [2.24, 2.45) is 35.3 Å². The van der Waals surface area contributed by atoms with Gasteiger partial charge in [-0.15, -0.1) is 0 Å². The van der Waals surface area contributed by atoms with E-state index in [-0.39, 0.29) is 0 Å². The van der Waals surface area contributed by atoms with Crippen LogP contribution >= 0.6 is 0 Å². The third kappa shape index (κ3) is 0.405. The Hall–Kier alpha value is -0.300. The molecule has 0 aromatic carbocycles. The number of allylic oxidation sites excluding steroid dienone is 1. The van der Waals surface area contributed by atoms with E-state index >= 15 is 0 Å². The van der Waals surface area contributed by atoms with Gasteiger partial charge in [0.05, 0.1) is 0 Å². The molecule has 4 aliphatic rings. The molecule has 3 saturated carbocycles. The van der Waals surface area contributed by atoms with Crippen molar-refractivity contribution >= 4 is 0 Å². The largest absolute Gasteiger partial charge is 0.327 e. The van der Waals surface area contributed by atoms with Crippen molar-refractivity contribution < 1.29 is 0 Å². The Labute approximate surface area is 66.7 Å². The zero-order valence-corrected chi connectivity index (χ0v) is 6.59. The van der Waals surface area contributed by atoms with Crippen molar-refractivity contribution in [1.29, 1.82) is 0 Å². The number of fused-ring (bicyclic) bond motifs is 6. The summed E-state index contributed by atoms with van der Waals surface area (Å²) < 4.78 is 0. The van der Waals surface area contributed by atoms with E-state index < -0.39 is 0 Å². The molecule has 2 N–H and O–H groups in total. The van der Waals surface area contributed by atoms with E-state index in [4.69, 9.17) is 5.73 Å². The van der Waals surface area contributed by atoms with E-state index in [0.29, 0.717) is 0 Å². The lowest BCUT2D eigenvalue weighted by Crippen LogP contribution is -2.28. The quantitative estimate of drug-likeness (QED) is 0.553. The second-order valence-corrected chi connectivity index (χ2v) is 4.74. The molecule has 3 fully saturated rings. The number of hydrogen-bond acceptors (Lipinski definition) is 1. The normalized spacial score (nSPS) is 61.4. The molecule has 5 unspecified atom stereocenters. The first kappa shape index (κ1) is 5.36. The van der Waals surface area contributed by atoms with E-state index in [9.17, 15) is 0 Å². The average molecular weight is 147 g/mol. The highest BCUT2D eigenvalue weighted by Gasteiger charge is 2.70. The predicted molar refractivity (Wildman–Crippen MR) is 42.8 cm³/mol. The topological polar surface area (TPSA) is 26.0 Å². The van der Waals surface area contributed by atoms with Gasteiger partial charge in [0, 0.05) is 12.5 Å². The summed E-state index contributed by atoms with van der Waals surface area (Å²) in [6, 6.07) is 0. The van der Waals surface area contributed by atoms with Crippen LogP contribution in [0.5, 0.6) is 0 Å². The first-order valence-corrected chi connectivity index (χ1v) is 4.83. The summed E-state index contributed by atoms with van der Waals surface area (Å²) in [5.41, 5.74) is 9.09. The summed E-state index contributed by atoms with van der Waals surface area (Å²) in [5, 5.41) is 0. The summed E-state index contributed by atoms with van der Waals surface area (Å²) in [4.78, 5) is 0. The fourth-order valence-corrected chi connectivity index (χ4v) is 3.98. The van der Waals surface area contributed by atoms with Crippen LogP contribution in [0.2, 0.25) is 0 Å². The molecule has 0 amide bonds. The molecule has 5 atom stereocenters. The average Bonchev–Trinajstić information content (AvgIpc) is 2.85. The summed E-state index contributed by atoms with van der Waals surface area (Å²) in [7, 11) is 0. The van der Waals surface area contributed by atoms with Crippen molar-refractivity contribution in [3.8, 4) is 0 Å². The van der Waals surface area contributed by atoms with Crippen LogP contribution in [0.4, 0.5) is 0 Å². The monoisotopic (exact) mass is 147 g/mol. The molecule has 0 bridgehead atoms. The van der Waals surface area contributed by atoms with Gasteiger partial charge in [0.25, 0.3) is 0 Å². The van der Waals surface area contributed by atoms with Gasteiger partial charge >= 0.3 is 0 Å². The number of rotatable bonds is 1. The minimum atomic E-state index is 0.862. The van der Waals surface area contributed by atoms with Gasteiger partial charge in [-0.1, -0.05) is 5.57 Å². The van der Waals surface area contributed by atoms with Gasteiger partial charge in [-0.2, -0.15) is 0 Å². The van der Waals surface area contributed by atoms with E-state index in [0.717, 1.165) is 30.2 Å². The molecule has 4 rings (SSSR count). The van der Waals surface area contributed by atoms with Crippen LogP contribution in [0, 0.1) is 29.6 Å². The lowest BCUT2D eigenvalue weighted by Gasteiger charge is -2.32. The van der Waals surface area contributed by atoms with Crippen molar-refractivity contribution in [2.45, 2.75) is 12.8 Å². The molecule has 0 aromatic rings. The Balaban J connectivity index is 1.70. The van der Waals surface area contributed by atoms with E-state index in [1.54, 1.807) is 17.6 Å². The van der Waals surface area contributed by atoms with Gasteiger partial charge < -0.3 is 5.73 Å². The lowest BCUT2D eigenvalue weighted by molar-refractivity contribution is 0.168. The van der Waals surface area contributed by atoms with Gasteiger partial charge in [0.1, 0.15) is 0 Å². The van der Waals surface area contributed by atoms with Crippen LogP contribution in [0.3, 0.4) is 0 Å². The highest BCUT2D eigenvalue weighted by Crippen LogP contribution is 2.77. The molecule has 58 valence electrons. The second kappa shape index (κ2) is 1.31. The van der Waals surface area contributed by atoms with Gasteiger partial charge in [0.15, 0.2) is 0 Å². The molecular weight excluding hydrogens is 134 g/mol. The SMILES string of the molecule is NCC1=C2CC3C4CC4C3C12. The van der Waals surface area contributed by atoms with Crippen LogP contribution in [-0.4, -0.2) is 6.54 Å². The van der Waals surface area contributed by atoms with Crippen molar-refractivity contribution in [2.75, 3.05) is 6.54 Å². The highest BCUT2D eigenvalue weighted by atomic mass is 14.8. The van der Waals surface area contributed by atoms with Crippen LogP contribution in [0.1, 0.15) is 12.8 Å². The van der Waals surface area contributed by atoms with Gasteiger partial charge in [-0.25, -0.2) is 0 Å². The Morgan fingerprint density at radius 3 is 3.00 bits per heavy atom. The molecule has 0 spiro atoms. The Bertz CT molecular complexity index is 279. The summed E-state index contributed by atoms with van der Waals surface area (Å²) in [5.74, 6) is 5.53. The number of nitrogens with two attached hydrogens (primary N) is 1. The molecule has 0 saturated heterocycles. The maximum absolute atomic E-state index is 5.66. The molecular formula is C10H13N. The van der Waals surface area contributed by atoms with E-state index in [1.165, 1.54) is 12.3 Å². The molecule has 1 nitrogen and oxygen atoms in total. The number of hydrogen-bond donors (Lipinski definition) is 1. The molecule has 0 aromatic heterocycles. The Morgan fingerprint density at radius 1 is 1.27 bits per heavy atom. The van der Waals surface area contributed by atoms with Crippen LogP contribution in [0.15, 0.2) is 11.1 Å². The van der Waals surface area contributed by atoms with Crippen molar-refractivity contribution in [1.82, 2.24) is 0 Å². The fourth-order valence-electron chi connectivity index (χ4n) is 3.98. The van der Waals surface area contributed by atoms with Gasteiger partial charge in [-0.3, -0.25) is 0 Å². The first-order valence-electron chi connectivity index (χ1n) is 4.83. The first-order chi connectivity index (χ1) is 5.42. The van der Waals surface area contributed by atoms with E-state index in [2.05, 4.69) is 0 Å². The maximum Gasteiger partial charge on any atom is 0.0145 e. The summed E-state index contributed by atoms with van der Waals surface area (Å²) >= 11 is 0. The maximum atomic E-state index is 5.66. The molecule has 0 radical (unpaired) electrons. The Kier molecular flexibility index (Phi) is 0.637.